The van der Waals surface area contributed by atoms with Crippen molar-refractivity contribution in [1.29, 1.82) is 0 Å². The standard InChI is InChI=1S/C13H17NO6S/c1-20-8-4-7-14-12(15)9-21(18,19)11-6-3-2-5-10(11)13(16)17/h2-3,5-6H,4,7-9H2,1H3,(H,14,15)(H,16,17). The number of sulfone groups is 1. The van der Waals surface area contributed by atoms with E-state index in [1.165, 1.54) is 31.4 Å². The van der Waals surface area contributed by atoms with E-state index in [-0.39, 0.29) is 10.5 Å². The maximum absolute atomic E-state index is 12.1. The summed E-state index contributed by atoms with van der Waals surface area (Å²) in [5.74, 6) is -2.81. The third kappa shape index (κ3) is 5.16. The summed E-state index contributed by atoms with van der Waals surface area (Å²) in [5.41, 5.74) is -0.343. The summed E-state index contributed by atoms with van der Waals surface area (Å²) >= 11 is 0. The molecule has 0 spiro atoms. The van der Waals surface area contributed by atoms with Crippen LogP contribution < -0.4 is 5.32 Å². The second-order valence-electron chi connectivity index (χ2n) is 4.26. The van der Waals surface area contributed by atoms with E-state index in [0.717, 1.165) is 0 Å². The first-order chi connectivity index (χ1) is 9.88. The maximum Gasteiger partial charge on any atom is 0.337 e. The Balaban J connectivity index is 2.78. The number of amides is 1. The fourth-order valence-corrected chi connectivity index (χ4v) is 3.04. The van der Waals surface area contributed by atoms with Crippen LogP contribution in [0, 0.1) is 0 Å². The quantitative estimate of drug-likeness (QED) is 0.668. The second kappa shape index (κ2) is 7.75. The normalized spacial score (nSPS) is 11.1. The maximum atomic E-state index is 12.1. The van der Waals surface area contributed by atoms with Gasteiger partial charge >= 0.3 is 5.97 Å². The van der Waals surface area contributed by atoms with E-state index in [0.29, 0.717) is 19.6 Å². The van der Waals surface area contributed by atoms with E-state index in [9.17, 15) is 18.0 Å². The number of ether oxygens (including phenoxy) is 1. The molecule has 1 rings (SSSR count). The predicted octanol–water partition coefficient (Wildman–Crippen LogP) is 0.311. The van der Waals surface area contributed by atoms with Gasteiger partial charge in [-0.25, -0.2) is 13.2 Å². The molecule has 0 bridgehead atoms. The monoisotopic (exact) mass is 315 g/mol. The molecule has 2 N–H and O–H groups in total. The first kappa shape index (κ1) is 17.1. The highest BCUT2D eigenvalue weighted by molar-refractivity contribution is 7.92. The Kier molecular flexibility index (Phi) is 6.32. The highest BCUT2D eigenvalue weighted by atomic mass is 32.2. The molecular formula is C13H17NO6S. The topological polar surface area (TPSA) is 110 Å². The number of carboxylic acid groups (broad SMARTS) is 1. The molecule has 0 saturated carbocycles. The van der Waals surface area contributed by atoms with Crippen molar-refractivity contribution in [3.05, 3.63) is 29.8 Å². The van der Waals surface area contributed by atoms with Crippen LogP contribution in [0.25, 0.3) is 0 Å². The largest absolute Gasteiger partial charge is 0.478 e. The minimum absolute atomic E-state index is 0.294. The summed E-state index contributed by atoms with van der Waals surface area (Å²) < 4.78 is 29.0. The summed E-state index contributed by atoms with van der Waals surface area (Å²) in [7, 11) is -2.48. The van der Waals surface area contributed by atoms with Crippen molar-refractivity contribution in [3.63, 3.8) is 0 Å². The van der Waals surface area contributed by atoms with Crippen LogP contribution >= 0.6 is 0 Å². The SMILES string of the molecule is COCCCNC(=O)CS(=O)(=O)c1ccccc1C(=O)O. The molecule has 21 heavy (non-hydrogen) atoms. The van der Waals surface area contributed by atoms with Crippen LogP contribution in [0.5, 0.6) is 0 Å². The first-order valence-corrected chi connectivity index (χ1v) is 7.84. The molecule has 0 saturated heterocycles. The van der Waals surface area contributed by atoms with Crippen LogP contribution in [0.2, 0.25) is 0 Å². The van der Waals surface area contributed by atoms with Crippen molar-refractivity contribution < 1.29 is 27.9 Å². The number of nitrogens with one attached hydrogen (secondary N) is 1. The number of carbonyl (C=O) groups is 2. The molecular weight excluding hydrogens is 298 g/mol. The molecule has 0 fully saturated rings. The number of carbonyl (C=O) groups excluding carboxylic acids is 1. The van der Waals surface area contributed by atoms with E-state index in [1.54, 1.807) is 0 Å². The molecule has 0 aromatic heterocycles. The fraction of sp³-hybridized carbons (Fsp3) is 0.385. The summed E-state index contributed by atoms with van der Waals surface area (Å²) in [6.07, 6.45) is 0.563. The van der Waals surface area contributed by atoms with E-state index in [1.807, 2.05) is 0 Å². The fourth-order valence-electron chi connectivity index (χ4n) is 1.66. The third-order valence-electron chi connectivity index (χ3n) is 2.62. The highest BCUT2D eigenvalue weighted by Crippen LogP contribution is 2.17. The van der Waals surface area contributed by atoms with Crippen molar-refractivity contribution >= 4 is 21.7 Å². The van der Waals surface area contributed by atoms with Crippen molar-refractivity contribution in [2.75, 3.05) is 26.0 Å². The van der Waals surface area contributed by atoms with Gasteiger partial charge in [-0.1, -0.05) is 12.1 Å². The van der Waals surface area contributed by atoms with Crippen LogP contribution in [0.15, 0.2) is 29.2 Å². The lowest BCUT2D eigenvalue weighted by Gasteiger charge is -2.08. The molecule has 116 valence electrons. The molecule has 0 aliphatic rings. The number of hydrogen-bond donors (Lipinski definition) is 2. The van der Waals surface area contributed by atoms with Crippen LogP contribution in [-0.4, -0.2) is 51.4 Å². The number of hydrogen-bond acceptors (Lipinski definition) is 5. The zero-order valence-corrected chi connectivity index (χ0v) is 12.4. The Morgan fingerprint density at radius 3 is 2.57 bits per heavy atom. The summed E-state index contributed by atoms with van der Waals surface area (Å²) in [5, 5.41) is 11.4. The average molecular weight is 315 g/mol. The number of benzene rings is 1. The van der Waals surface area contributed by atoms with Gasteiger partial charge in [0.25, 0.3) is 0 Å². The van der Waals surface area contributed by atoms with Crippen molar-refractivity contribution in [2.24, 2.45) is 0 Å². The molecule has 0 atom stereocenters. The minimum Gasteiger partial charge on any atom is -0.478 e. The number of rotatable bonds is 8. The predicted molar refractivity (Wildman–Crippen MR) is 75.0 cm³/mol. The van der Waals surface area contributed by atoms with Gasteiger partial charge < -0.3 is 15.2 Å². The van der Waals surface area contributed by atoms with Gasteiger partial charge in [0.05, 0.1) is 10.5 Å². The van der Waals surface area contributed by atoms with Crippen LogP contribution in [0.4, 0.5) is 0 Å². The van der Waals surface area contributed by atoms with Crippen LogP contribution in [0.1, 0.15) is 16.8 Å². The van der Waals surface area contributed by atoms with E-state index < -0.39 is 27.5 Å². The first-order valence-electron chi connectivity index (χ1n) is 6.19. The van der Waals surface area contributed by atoms with Crippen molar-refractivity contribution in [3.8, 4) is 0 Å². The lowest BCUT2D eigenvalue weighted by molar-refractivity contribution is -0.118. The Labute approximate surface area is 122 Å². The number of carboxylic acids is 1. The Hall–Kier alpha value is -1.93. The zero-order valence-electron chi connectivity index (χ0n) is 11.5. The Bertz CT molecular complexity index is 611. The number of methoxy groups -OCH3 is 1. The summed E-state index contributed by atoms with van der Waals surface area (Å²) in [6.45, 7) is 0.748. The van der Waals surface area contributed by atoms with E-state index >= 15 is 0 Å². The van der Waals surface area contributed by atoms with Crippen molar-refractivity contribution in [1.82, 2.24) is 5.32 Å². The van der Waals surface area contributed by atoms with Gasteiger partial charge in [-0.3, -0.25) is 4.79 Å². The summed E-state index contributed by atoms with van der Waals surface area (Å²) in [6, 6.07) is 5.20. The Morgan fingerprint density at radius 2 is 1.95 bits per heavy atom. The van der Waals surface area contributed by atoms with Gasteiger partial charge in [0.1, 0.15) is 5.75 Å². The van der Waals surface area contributed by atoms with Crippen LogP contribution in [0.3, 0.4) is 0 Å². The zero-order chi connectivity index (χ0) is 15.9. The van der Waals surface area contributed by atoms with Crippen molar-refractivity contribution in [2.45, 2.75) is 11.3 Å². The molecule has 0 aliphatic carbocycles. The molecule has 8 heteroatoms. The lowest BCUT2D eigenvalue weighted by Crippen LogP contribution is -2.32. The summed E-state index contributed by atoms with van der Waals surface area (Å²) in [4.78, 5) is 22.3. The minimum atomic E-state index is -4.00. The lowest BCUT2D eigenvalue weighted by atomic mass is 10.2. The second-order valence-corrected chi connectivity index (χ2v) is 6.21. The number of aromatic carboxylic acids is 1. The molecule has 1 aromatic carbocycles. The Morgan fingerprint density at radius 1 is 1.29 bits per heavy atom. The molecule has 0 heterocycles. The molecule has 1 aromatic rings. The van der Waals surface area contributed by atoms with Gasteiger partial charge in [-0.2, -0.15) is 0 Å². The van der Waals surface area contributed by atoms with Gasteiger partial charge in [0, 0.05) is 20.3 Å². The van der Waals surface area contributed by atoms with Crippen LogP contribution in [-0.2, 0) is 19.4 Å². The van der Waals surface area contributed by atoms with Gasteiger partial charge in [0.15, 0.2) is 9.84 Å². The van der Waals surface area contributed by atoms with E-state index in [4.69, 9.17) is 9.84 Å². The average Bonchev–Trinajstić information content (AvgIpc) is 2.43. The molecule has 7 nitrogen and oxygen atoms in total. The van der Waals surface area contributed by atoms with Gasteiger partial charge in [0.2, 0.25) is 5.91 Å². The molecule has 0 unspecified atom stereocenters. The molecule has 0 aliphatic heterocycles. The smallest absolute Gasteiger partial charge is 0.337 e. The van der Waals surface area contributed by atoms with Gasteiger partial charge in [-0.05, 0) is 18.6 Å². The molecule has 1 amide bonds. The van der Waals surface area contributed by atoms with E-state index in [2.05, 4.69) is 5.32 Å². The third-order valence-corrected chi connectivity index (χ3v) is 4.29. The molecule has 0 radical (unpaired) electrons. The highest BCUT2D eigenvalue weighted by Gasteiger charge is 2.24. The van der Waals surface area contributed by atoms with Gasteiger partial charge in [-0.15, -0.1) is 0 Å².